The van der Waals surface area contributed by atoms with E-state index >= 15 is 0 Å². The molecule has 6 bridgehead atoms. The van der Waals surface area contributed by atoms with Crippen molar-refractivity contribution in [1.82, 2.24) is 0 Å². The van der Waals surface area contributed by atoms with E-state index in [1.807, 2.05) is 0 Å². The van der Waals surface area contributed by atoms with E-state index < -0.39 is 0 Å². The molecule has 0 atom stereocenters. The highest BCUT2D eigenvalue weighted by Crippen LogP contribution is 2.44. The van der Waals surface area contributed by atoms with E-state index in [-0.39, 0.29) is 58.0 Å². The van der Waals surface area contributed by atoms with Crippen LogP contribution in [-0.2, 0) is 27.9 Å². The molecule has 4 saturated heterocycles. The van der Waals surface area contributed by atoms with Crippen molar-refractivity contribution in [2.45, 2.75) is 192 Å². The van der Waals surface area contributed by atoms with Gasteiger partial charge in [0, 0.05) is 0 Å². The standard InChI is InChI=1S/C30H57B3O6/c1-4-7-10-13-16-19-22-31-34-25-27-30-28(37-32(36-27)23-20-17-14-11-8-5-2)26(35-31)29(25)38-33(39-30)24-21-18-15-12-9-6-3/h25-30H,4-24H2,1-3H3. The lowest BCUT2D eigenvalue weighted by molar-refractivity contribution is -0.226. The maximum Gasteiger partial charge on any atom is 0.457 e. The number of hydrogen-bond donors (Lipinski definition) is 0. The molecule has 0 radical (unpaired) electrons. The van der Waals surface area contributed by atoms with Crippen LogP contribution >= 0.6 is 0 Å². The van der Waals surface area contributed by atoms with E-state index in [1.54, 1.807) is 0 Å². The summed E-state index contributed by atoms with van der Waals surface area (Å²) in [7, 11) is -0.625. The van der Waals surface area contributed by atoms with E-state index in [0.717, 1.165) is 38.2 Å². The fourth-order valence-electron chi connectivity index (χ4n) is 6.88. The summed E-state index contributed by atoms with van der Waals surface area (Å²) in [5.41, 5.74) is 0. The molecule has 5 rings (SSSR count). The second kappa shape index (κ2) is 17.8. The minimum absolute atomic E-state index is 0.138. The zero-order valence-electron chi connectivity index (χ0n) is 25.5. The molecule has 4 aliphatic heterocycles. The molecule has 0 spiro atoms. The molecular weight excluding hydrogens is 489 g/mol. The Morgan fingerprint density at radius 3 is 0.744 bits per heavy atom. The van der Waals surface area contributed by atoms with Crippen LogP contribution in [0.1, 0.15) is 136 Å². The molecule has 4 heterocycles. The summed E-state index contributed by atoms with van der Waals surface area (Å²) >= 11 is 0. The summed E-state index contributed by atoms with van der Waals surface area (Å²) in [6, 6.07) is 0. The highest BCUT2D eigenvalue weighted by atomic mass is 16.7. The van der Waals surface area contributed by atoms with Crippen molar-refractivity contribution < 1.29 is 27.9 Å². The Balaban J connectivity index is 1.31. The highest BCUT2D eigenvalue weighted by molar-refractivity contribution is 6.47. The molecule has 0 aromatic heterocycles. The van der Waals surface area contributed by atoms with Crippen molar-refractivity contribution in [3.63, 3.8) is 0 Å². The molecule has 39 heavy (non-hydrogen) atoms. The first-order valence-electron chi connectivity index (χ1n) is 17.2. The Bertz CT molecular complexity index is 590. The Kier molecular flexibility index (Phi) is 14.6. The zero-order chi connectivity index (χ0) is 27.3. The van der Waals surface area contributed by atoms with E-state index in [2.05, 4.69) is 20.8 Å². The molecule has 0 N–H and O–H groups in total. The van der Waals surface area contributed by atoms with Gasteiger partial charge in [-0.05, 0) is 19.0 Å². The average molecular weight is 546 g/mol. The quantitative estimate of drug-likeness (QED) is 0.108. The van der Waals surface area contributed by atoms with E-state index in [9.17, 15) is 0 Å². The number of rotatable bonds is 21. The highest BCUT2D eigenvalue weighted by Gasteiger charge is 2.65. The molecule has 5 aliphatic rings. The summed E-state index contributed by atoms with van der Waals surface area (Å²) in [6.45, 7) is 6.80. The van der Waals surface area contributed by atoms with Gasteiger partial charge >= 0.3 is 21.4 Å². The lowest BCUT2D eigenvalue weighted by atomic mass is 9.70. The molecular formula is C30H57B3O6. The van der Waals surface area contributed by atoms with Gasteiger partial charge < -0.3 is 27.9 Å². The van der Waals surface area contributed by atoms with Crippen molar-refractivity contribution in [2.24, 2.45) is 0 Å². The van der Waals surface area contributed by atoms with Crippen molar-refractivity contribution in [2.75, 3.05) is 0 Å². The van der Waals surface area contributed by atoms with Gasteiger partial charge in [0.05, 0.1) is 36.6 Å². The second-order valence-corrected chi connectivity index (χ2v) is 12.6. The fourth-order valence-corrected chi connectivity index (χ4v) is 6.88. The van der Waals surface area contributed by atoms with Crippen molar-refractivity contribution in [3.8, 4) is 0 Å². The Morgan fingerprint density at radius 1 is 0.308 bits per heavy atom. The molecule has 0 amide bonds. The molecule has 222 valence electrons. The first kappa shape index (κ1) is 31.9. The first-order chi connectivity index (χ1) is 19.2. The second-order valence-electron chi connectivity index (χ2n) is 12.6. The number of hydrogen-bond acceptors (Lipinski definition) is 6. The summed E-state index contributed by atoms with van der Waals surface area (Å²) in [5.74, 6) is 0. The van der Waals surface area contributed by atoms with Crippen LogP contribution in [-0.4, -0.2) is 58.0 Å². The predicted molar refractivity (Wildman–Crippen MR) is 161 cm³/mol. The third kappa shape index (κ3) is 9.48. The van der Waals surface area contributed by atoms with Crippen LogP contribution in [0.15, 0.2) is 0 Å². The van der Waals surface area contributed by atoms with Gasteiger partial charge in [0.1, 0.15) is 0 Å². The molecule has 5 fully saturated rings. The van der Waals surface area contributed by atoms with Crippen molar-refractivity contribution >= 4 is 21.4 Å². The van der Waals surface area contributed by atoms with Crippen molar-refractivity contribution in [3.05, 3.63) is 0 Å². The summed E-state index contributed by atoms with van der Waals surface area (Å²) in [6.07, 6.45) is 24.7. The smallest absolute Gasteiger partial charge is 0.403 e. The topological polar surface area (TPSA) is 55.4 Å². The molecule has 0 unspecified atom stereocenters. The molecule has 0 aromatic rings. The first-order valence-corrected chi connectivity index (χ1v) is 17.2. The molecule has 1 saturated carbocycles. The normalized spacial score (nSPS) is 29.8. The van der Waals surface area contributed by atoms with Crippen LogP contribution < -0.4 is 0 Å². The van der Waals surface area contributed by atoms with Crippen LogP contribution in [0, 0.1) is 0 Å². The zero-order valence-corrected chi connectivity index (χ0v) is 25.5. The van der Waals surface area contributed by atoms with Gasteiger partial charge in [-0.1, -0.05) is 136 Å². The van der Waals surface area contributed by atoms with Crippen LogP contribution in [0.3, 0.4) is 0 Å². The minimum Gasteiger partial charge on any atom is -0.403 e. The number of fused-ring (bicyclic) bond motifs is 2. The van der Waals surface area contributed by atoms with Gasteiger partial charge in [0.15, 0.2) is 0 Å². The molecule has 1 aliphatic carbocycles. The maximum absolute atomic E-state index is 6.61. The molecule has 0 aromatic carbocycles. The van der Waals surface area contributed by atoms with Gasteiger partial charge in [-0.15, -0.1) is 0 Å². The Labute approximate surface area is 241 Å². The third-order valence-corrected chi connectivity index (χ3v) is 9.18. The third-order valence-electron chi connectivity index (χ3n) is 9.18. The van der Waals surface area contributed by atoms with Gasteiger partial charge in [0.2, 0.25) is 0 Å². The summed E-state index contributed by atoms with van der Waals surface area (Å²) in [4.78, 5) is 0. The van der Waals surface area contributed by atoms with Gasteiger partial charge in [0.25, 0.3) is 0 Å². The minimum atomic E-state index is -0.226. The maximum atomic E-state index is 6.61. The molecule has 9 heteroatoms. The van der Waals surface area contributed by atoms with Crippen LogP contribution in [0.5, 0.6) is 0 Å². The lowest BCUT2D eigenvalue weighted by Gasteiger charge is -2.55. The van der Waals surface area contributed by atoms with Crippen LogP contribution in [0.4, 0.5) is 0 Å². The van der Waals surface area contributed by atoms with Crippen molar-refractivity contribution in [1.29, 1.82) is 0 Å². The largest absolute Gasteiger partial charge is 0.457 e. The molecule has 6 nitrogen and oxygen atoms in total. The Hall–Kier alpha value is -0.0452. The van der Waals surface area contributed by atoms with E-state index in [4.69, 9.17) is 27.9 Å². The average Bonchev–Trinajstić information content (AvgIpc) is 3.20. The van der Waals surface area contributed by atoms with E-state index in [1.165, 1.54) is 96.3 Å². The number of unbranched alkanes of at least 4 members (excludes halogenated alkanes) is 15. The van der Waals surface area contributed by atoms with E-state index in [0.29, 0.717) is 0 Å². The van der Waals surface area contributed by atoms with Gasteiger partial charge in [-0.25, -0.2) is 0 Å². The Morgan fingerprint density at radius 2 is 0.513 bits per heavy atom. The predicted octanol–water partition coefficient (Wildman–Crippen LogP) is 7.90. The summed E-state index contributed by atoms with van der Waals surface area (Å²) in [5, 5.41) is 0. The van der Waals surface area contributed by atoms with Gasteiger partial charge in [-0.2, -0.15) is 0 Å². The van der Waals surface area contributed by atoms with Crippen LogP contribution in [0.2, 0.25) is 19.0 Å². The summed E-state index contributed by atoms with van der Waals surface area (Å²) < 4.78 is 39.6. The SMILES string of the molecule is CCCCCCCCB1OC2C3OB(CCCCCCCC)OC4C2OB(CCCCCCCC)OC4C3O1. The van der Waals surface area contributed by atoms with Crippen LogP contribution in [0.25, 0.3) is 0 Å². The monoisotopic (exact) mass is 546 g/mol. The van der Waals surface area contributed by atoms with Gasteiger partial charge in [-0.3, -0.25) is 0 Å². The fraction of sp³-hybridized carbons (Fsp3) is 1.00. The lowest BCUT2D eigenvalue weighted by Crippen LogP contribution is -2.74.